The molecule has 0 heterocycles. The van der Waals surface area contributed by atoms with Gasteiger partial charge in [-0.05, 0) is 43.6 Å². The molecule has 0 radical (unpaired) electrons. The van der Waals surface area contributed by atoms with E-state index in [0.29, 0.717) is 18.4 Å². The van der Waals surface area contributed by atoms with Crippen molar-refractivity contribution in [3.8, 4) is 0 Å². The van der Waals surface area contributed by atoms with E-state index in [1.54, 1.807) is 0 Å². The fraction of sp³-hybridized carbons (Fsp3) is 0.667. The molecule has 2 fully saturated rings. The summed E-state index contributed by atoms with van der Waals surface area (Å²) in [6.45, 7) is 9.40. The average molecular weight is 266 g/mol. The van der Waals surface area contributed by atoms with Gasteiger partial charge in [0.1, 0.15) is 0 Å². The van der Waals surface area contributed by atoms with Crippen LogP contribution in [0.4, 0.5) is 0 Å². The average Bonchev–Trinajstić information content (AvgIpc) is 2.33. The molecule has 4 unspecified atom stereocenters. The molecule has 0 aromatic heterocycles. The molecule has 2 aliphatic rings. The van der Waals surface area contributed by atoms with E-state index in [0.717, 1.165) is 19.3 Å². The van der Waals surface area contributed by atoms with Crippen molar-refractivity contribution in [2.24, 2.45) is 11.3 Å². The van der Waals surface area contributed by atoms with Crippen molar-refractivity contribution in [2.45, 2.75) is 50.7 Å². The Balaban J connectivity index is 2.36. The molecule has 0 aromatic rings. The third-order valence-electron chi connectivity index (χ3n) is 5.26. The summed E-state index contributed by atoms with van der Waals surface area (Å²) in [4.78, 5) is 11.0. The van der Waals surface area contributed by atoms with Crippen LogP contribution in [0.2, 0.25) is 0 Å². The van der Waals surface area contributed by atoms with Crippen LogP contribution < -0.4 is 0 Å². The molecule has 0 spiro atoms. The minimum absolute atomic E-state index is 0.0629. The van der Waals surface area contributed by atoms with E-state index in [-0.39, 0.29) is 5.57 Å². The summed E-state index contributed by atoms with van der Waals surface area (Å²) in [5.41, 5.74) is -1.04. The molecule has 0 bridgehead atoms. The van der Waals surface area contributed by atoms with Crippen molar-refractivity contribution < 1.29 is 20.1 Å². The normalized spacial score (nSPS) is 42.6. The van der Waals surface area contributed by atoms with Gasteiger partial charge in [0.2, 0.25) is 0 Å². The fourth-order valence-electron chi connectivity index (χ4n) is 3.72. The number of hydrogen-bond donors (Lipinski definition) is 3. The summed E-state index contributed by atoms with van der Waals surface area (Å²) in [5.74, 6) is -1.47. The van der Waals surface area contributed by atoms with Gasteiger partial charge in [0, 0.05) is 11.0 Å². The quantitative estimate of drug-likeness (QED) is 0.527. The summed E-state index contributed by atoms with van der Waals surface area (Å²) in [6.07, 6.45) is 2.27. The minimum atomic E-state index is -1.19. The van der Waals surface area contributed by atoms with E-state index in [4.69, 9.17) is 5.11 Å². The van der Waals surface area contributed by atoms with Gasteiger partial charge >= 0.3 is 5.97 Å². The topological polar surface area (TPSA) is 77.8 Å². The lowest BCUT2D eigenvalue weighted by molar-refractivity contribution is -0.169. The zero-order valence-corrected chi connectivity index (χ0v) is 11.4. The summed E-state index contributed by atoms with van der Waals surface area (Å²) < 4.78 is 0. The number of fused-ring (bicyclic) bond motifs is 1. The van der Waals surface area contributed by atoms with Crippen LogP contribution in [0.3, 0.4) is 0 Å². The van der Waals surface area contributed by atoms with Crippen LogP contribution in [0, 0.1) is 11.3 Å². The van der Waals surface area contributed by atoms with Gasteiger partial charge in [0.15, 0.2) is 0 Å². The largest absolute Gasteiger partial charge is 0.478 e. The van der Waals surface area contributed by atoms with E-state index < -0.39 is 29.0 Å². The highest BCUT2D eigenvalue weighted by atomic mass is 16.4. The number of hydrogen-bond acceptors (Lipinski definition) is 3. The molecule has 0 amide bonds. The number of rotatable bonds is 2. The molecule has 4 heteroatoms. The SMILES string of the molecule is C=C(C(=O)O)C1CC(O)C2(C)CCCC(=C)C2(O)C1. The highest BCUT2D eigenvalue weighted by molar-refractivity contribution is 5.86. The third kappa shape index (κ3) is 1.94. The second-order valence-corrected chi connectivity index (χ2v) is 6.22. The zero-order chi connectivity index (χ0) is 14.4. The molecule has 2 aliphatic carbocycles. The molecule has 3 N–H and O–H groups in total. The van der Waals surface area contributed by atoms with Crippen molar-refractivity contribution in [3.05, 3.63) is 24.3 Å². The van der Waals surface area contributed by atoms with Crippen molar-refractivity contribution >= 4 is 5.97 Å². The molecule has 4 atom stereocenters. The number of carboxylic acid groups (broad SMARTS) is 1. The van der Waals surface area contributed by atoms with Gasteiger partial charge in [0.25, 0.3) is 0 Å². The Hall–Kier alpha value is -1.13. The molecule has 4 nitrogen and oxygen atoms in total. The molecule has 0 aromatic carbocycles. The predicted octanol–water partition coefficient (Wildman–Crippen LogP) is 1.88. The van der Waals surface area contributed by atoms with Gasteiger partial charge in [-0.15, -0.1) is 0 Å². The summed E-state index contributed by atoms with van der Waals surface area (Å²) in [6, 6.07) is 0. The van der Waals surface area contributed by atoms with Gasteiger partial charge in [-0.25, -0.2) is 4.79 Å². The van der Waals surface area contributed by atoms with Crippen LogP contribution in [0.1, 0.15) is 39.0 Å². The van der Waals surface area contributed by atoms with Gasteiger partial charge in [-0.3, -0.25) is 0 Å². The predicted molar refractivity (Wildman–Crippen MR) is 71.6 cm³/mol. The lowest BCUT2D eigenvalue weighted by atomic mass is 9.52. The molecular formula is C15H22O4. The Morgan fingerprint density at radius 2 is 2.11 bits per heavy atom. The third-order valence-corrected chi connectivity index (χ3v) is 5.26. The standard InChI is InChI=1S/C15H22O4/c1-9-5-4-6-14(3)12(16)7-11(8-15(9,14)19)10(2)13(17)18/h11-12,16,19H,1-2,4-8H2,3H3,(H,17,18). The second-order valence-electron chi connectivity index (χ2n) is 6.22. The number of carboxylic acids is 1. The number of aliphatic carboxylic acids is 1. The lowest BCUT2D eigenvalue weighted by Crippen LogP contribution is -2.61. The molecule has 106 valence electrons. The van der Waals surface area contributed by atoms with E-state index in [2.05, 4.69) is 13.2 Å². The van der Waals surface area contributed by atoms with Crippen LogP contribution in [0.5, 0.6) is 0 Å². The highest BCUT2D eigenvalue weighted by Gasteiger charge is 2.58. The summed E-state index contributed by atoms with van der Waals surface area (Å²) in [7, 11) is 0. The number of aliphatic hydroxyl groups is 2. The van der Waals surface area contributed by atoms with Crippen LogP contribution in [-0.4, -0.2) is 33.0 Å². The summed E-state index contributed by atoms with van der Waals surface area (Å²) in [5, 5.41) is 30.5. The van der Waals surface area contributed by atoms with Gasteiger partial charge in [0.05, 0.1) is 11.7 Å². The first-order valence-electron chi connectivity index (χ1n) is 6.73. The molecule has 2 saturated carbocycles. The highest BCUT2D eigenvalue weighted by Crippen LogP contribution is 2.56. The van der Waals surface area contributed by atoms with Crippen LogP contribution in [-0.2, 0) is 4.79 Å². The Morgan fingerprint density at radius 1 is 1.47 bits per heavy atom. The number of carbonyl (C=O) groups is 1. The fourth-order valence-corrected chi connectivity index (χ4v) is 3.72. The minimum Gasteiger partial charge on any atom is -0.478 e. The Kier molecular flexibility index (Phi) is 3.35. The number of aliphatic hydroxyl groups excluding tert-OH is 1. The lowest BCUT2D eigenvalue weighted by Gasteiger charge is -2.57. The molecule has 19 heavy (non-hydrogen) atoms. The van der Waals surface area contributed by atoms with E-state index in [1.807, 2.05) is 6.92 Å². The zero-order valence-electron chi connectivity index (χ0n) is 11.4. The van der Waals surface area contributed by atoms with Crippen molar-refractivity contribution in [1.82, 2.24) is 0 Å². The maximum Gasteiger partial charge on any atom is 0.331 e. The molecule has 0 aliphatic heterocycles. The van der Waals surface area contributed by atoms with Crippen molar-refractivity contribution in [3.63, 3.8) is 0 Å². The molecule has 2 rings (SSSR count). The summed E-state index contributed by atoms with van der Waals surface area (Å²) >= 11 is 0. The Labute approximate surface area is 113 Å². The van der Waals surface area contributed by atoms with Crippen LogP contribution in [0.25, 0.3) is 0 Å². The first-order chi connectivity index (χ1) is 8.72. The van der Waals surface area contributed by atoms with Crippen LogP contribution in [0.15, 0.2) is 24.3 Å². The Bertz CT molecular complexity index is 441. The smallest absolute Gasteiger partial charge is 0.331 e. The van der Waals surface area contributed by atoms with E-state index >= 15 is 0 Å². The van der Waals surface area contributed by atoms with Gasteiger partial charge in [-0.2, -0.15) is 0 Å². The van der Waals surface area contributed by atoms with E-state index in [9.17, 15) is 15.0 Å². The van der Waals surface area contributed by atoms with Gasteiger partial charge < -0.3 is 15.3 Å². The van der Waals surface area contributed by atoms with Crippen molar-refractivity contribution in [1.29, 1.82) is 0 Å². The monoisotopic (exact) mass is 266 g/mol. The maximum absolute atomic E-state index is 11.0. The second kappa shape index (κ2) is 4.46. The Morgan fingerprint density at radius 3 is 2.68 bits per heavy atom. The first-order valence-corrected chi connectivity index (χ1v) is 6.73. The van der Waals surface area contributed by atoms with Gasteiger partial charge in [-0.1, -0.05) is 20.1 Å². The molecule has 0 saturated heterocycles. The van der Waals surface area contributed by atoms with E-state index in [1.165, 1.54) is 0 Å². The maximum atomic E-state index is 11.0. The van der Waals surface area contributed by atoms with Crippen LogP contribution >= 0.6 is 0 Å². The molecular weight excluding hydrogens is 244 g/mol. The van der Waals surface area contributed by atoms with Crippen molar-refractivity contribution in [2.75, 3.05) is 0 Å². The first kappa shape index (κ1) is 14.3.